The lowest BCUT2D eigenvalue weighted by Gasteiger charge is -2.35. The maximum absolute atomic E-state index is 3.72. The third kappa shape index (κ3) is 3.83. The second-order valence-corrected chi connectivity index (χ2v) is 7.40. The molecule has 1 aromatic carbocycles. The number of nitrogens with one attached hydrogen (secondary N) is 1. The summed E-state index contributed by atoms with van der Waals surface area (Å²) in [4.78, 5) is 0. The molecule has 0 spiro atoms. The van der Waals surface area contributed by atoms with Gasteiger partial charge in [-0.2, -0.15) is 0 Å². The number of hydrogen-bond acceptors (Lipinski definition) is 1. The Morgan fingerprint density at radius 1 is 1.32 bits per heavy atom. The van der Waals surface area contributed by atoms with Crippen LogP contribution in [-0.2, 0) is 0 Å². The molecule has 0 radical (unpaired) electrons. The van der Waals surface area contributed by atoms with Gasteiger partial charge in [0.25, 0.3) is 0 Å². The highest BCUT2D eigenvalue weighted by molar-refractivity contribution is 9.11. The molecule has 0 heterocycles. The minimum atomic E-state index is 0.469. The monoisotopic (exact) mass is 387 g/mol. The molecule has 2 rings (SSSR count). The second kappa shape index (κ2) is 7.24. The highest BCUT2D eigenvalue weighted by atomic mass is 79.9. The summed E-state index contributed by atoms with van der Waals surface area (Å²) in [5, 5.41) is 3.55. The van der Waals surface area contributed by atoms with Crippen LogP contribution in [0, 0.1) is 11.8 Å². The molecule has 1 aromatic rings. The summed E-state index contributed by atoms with van der Waals surface area (Å²) in [7, 11) is 2.09. The molecule has 1 aliphatic carbocycles. The van der Waals surface area contributed by atoms with Gasteiger partial charge < -0.3 is 5.32 Å². The van der Waals surface area contributed by atoms with Crippen molar-refractivity contribution in [2.24, 2.45) is 11.8 Å². The van der Waals surface area contributed by atoms with Crippen LogP contribution in [0.2, 0.25) is 0 Å². The molecule has 0 saturated heterocycles. The van der Waals surface area contributed by atoms with Gasteiger partial charge in [0, 0.05) is 15.0 Å². The molecule has 3 atom stereocenters. The van der Waals surface area contributed by atoms with E-state index >= 15 is 0 Å². The van der Waals surface area contributed by atoms with Gasteiger partial charge in [0.2, 0.25) is 0 Å². The first-order valence-electron chi connectivity index (χ1n) is 7.28. The van der Waals surface area contributed by atoms with E-state index in [2.05, 4.69) is 69.3 Å². The number of benzene rings is 1. The van der Waals surface area contributed by atoms with Gasteiger partial charge in [0.15, 0.2) is 0 Å². The third-order valence-corrected chi connectivity index (χ3v) is 5.66. The van der Waals surface area contributed by atoms with Crippen LogP contribution in [-0.4, -0.2) is 7.05 Å². The molecule has 0 amide bonds. The zero-order valence-electron chi connectivity index (χ0n) is 11.8. The molecular weight excluding hydrogens is 366 g/mol. The Morgan fingerprint density at radius 2 is 2.11 bits per heavy atom. The third-order valence-electron chi connectivity index (χ3n) is 4.48. The molecule has 0 aromatic heterocycles. The maximum Gasteiger partial charge on any atom is 0.0357 e. The normalized spacial score (nSPS) is 25.3. The first-order valence-corrected chi connectivity index (χ1v) is 8.86. The van der Waals surface area contributed by atoms with Crippen LogP contribution in [0.5, 0.6) is 0 Å². The van der Waals surface area contributed by atoms with Crippen LogP contribution < -0.4 is 5.32 Å². The minimum absolute atomic E-state index is 0.469. The zero-order valence-corrected chi connectivity index (χ0v) is 14.9. The van der Waals surface area contributed by atoms with E-state index in [9.17, 15) is 0 Å². The predicted octanol–water partition coefficient (Wildman–Crippen LogP) is 5.69. The lowest BCUT2D eigenvalue weighted by molar-refractivity contribution is 0.214. The van der Waals surface area contributed by atoms with Crippen LogP contribution >= 0.6 is 31.9 Å². The quantitative estimate of drug-likeness (QED) is 0.698. The lowest BCUT2D eigenvalue weighted by Crippen LogP contribution is -2.29. The van der Waals surface area contributed by atoms with Crippen LogP contribution in [0.3, 0.4) is 0 Å². The fourth-order valence-electron chi connectivity index (χ4n) is 3.40. The molecule has 1 aliphatic rings. The van der Waals surface area contributed by atoms with Crippen molar-refractivity contribution in [2.45, 2.75) is 45.1 Å². The summed E-state index contributed by atoms with van der Waals surface area (Å²) in [6, 6.07) is 7.01. The van der Waals surface area contributed by atoms with Gasteiger partial charge in [-0.15, -0.1) is 0 Å². The largest absolute Gasteiger partial charge is 0.313 e. The van der Waals surface area contributed by atoms with Gasteiger partial charge in [-0.3, -0.25) is 0 Å². The Kier molecular flexibility index (Phi) is 5.91. The van der Waals surface area contributed by atoms with Gasteiger partial charge in [-0.1, -0.05) is 64.1 Å². The summed E-state index contributed by atoms with van der Waals surface area (Å²) in [6.07, 6.45) is 6.85. The highest BCUT2D eigenvalue weighted by Crippen LogP contribution is 2.40. The van der Waals surface area contributed by atoms with Crippen molar-refractivity contribution in [2.75, 3.05) is 7.05 Å². The second-order valence-electron chi connectivity index (χ2n) is 5.63. The smallest absolute Gasteiger partial charge is 0.0357 e. The Balaban J connectivity index is 2.19. The topological polar surface area (TPSA) is 12.0 Å². The standard InChI is InChI=1S/C16H23Br2N/c1-3-11-5-4-6-12(9-11)16(19-2)14-8-7-13(17)10-15(14)18/h7-8,10-12,16,19H,3-6,9H2,1-2H3. The van der Waals surface area contributed by atoms with Crippen LogP contribution in [0.1, 0.15) is 50.6 Å². The first kappa shape index (κ1) is 15.5. The maximum atomic E-state index is 3.72. The van der Waals surface area contributed by atoms with Crippen molar-refractivity contribution in [1.29, 1.82) is 0 Å². The predicted molar refractivity (Wildman–Crippen MR) is 89.4 cm³/mol. The molecule has 1 nitrogen and oxygen atoms in total. The van der Waals surface area contributed by atoms with Crippen molar-refractivity contribution in [3.8, 4) is 0 Å². The zero-order chi connectivity index (χ0) is 13.8. The number of rotatable bonds is 4. The van der Waals surface area contributed by atoms with Crippen molar-refractivity contribution in [1.82, 2.24) is 5.32 Å². The molecule has 0 aliphatic heterocycles. The van der Waals surface area contributed by atoms with Gasteiger partial charge >= 0.3 is 0 Å². The fourth-order valence-corrected chi connectivity index (χ4v) is 4.70. The summed E-state index contributed by atoms with van der Waals surface area (Å²) in [5.74, 6) is 1.69. The SMILES string of the molecule is CCC1CCCC(C(NC)c2ccc(Br)cc2Br)C1. The van der Waals surface area contributed by atoms with Crippen LogP contribution in [0.25, 0.3) is 0 Å². The van der Waals surface area contributed by atoms with E-state index in [-0.39, 0.29) is 0 Å². The fraction of sp³-hybridized carbons (Fsp3) is 0.625. The Labute approximate surface area is 133 Å². The molecule has 3 heteroatoms. The molecular formula is C16H23Br2N. The Bertz CT molecular complexity index is 419. The molecule has 1 N–H and O–H groups in total. The van der Waals surface area contributed by atoms with Crippen molar-refractivity contribution < 1.29 is 0 Å². The van der Waals surface area contributed by atoms with Crippen molar-refractivity contribution in [3.63, 3.8) is 0 Å². The highest BCUT2D eigenvalue weighted by Gasteiger charge is 2.28. The molecule has 1 saturated carbocycles. The lowest BCUT2D eigenvalue weighted by atomic mass is 9.75. The molecule has 19 heavy (non-hydrogen) atoms. The number of halogens is 2. The summed E-state index contributed by atoms with van der Waals surface area (Å²) in [6.45, 7) is 2.33. The number of hydrogen-bond donors (Lipinski definition) is 1. The molecule has 106 valence electrons. The summed E-state index contributed by atoms with van der Waals surface area (Å²) in [5.41, 5.74) is 1.40. The molecule has 0 bridgehead atoms. The van der Waals surface area contributed by atoms with Gasteiger partial charge in [-0.05, 0) is 49.4 Å². The van der Waals surface area contributed by atoms with E-state index in [0.717, 1.165) is 16.3 Å². The summed E-state index contributed by atoms with van der Waals surface area (Å²) >= 11 is 7.25. The molecule has 1 fully saturated rings. The minimum Gasteiger partial charge on any atom is -0.313 e. The van der Waals surface area contributed by atoms with Crippen LogP contribution in [0.15, 0.2) is 27.1 Å². The van der Waals surface area contributed by atoms with E-state index < -0.39 is 0 Å². The van der Waals surface area contributed by atoms with E-state index in [1.54, 1.807) is 0 Å². The summed E-state index contributed by atoms with van der Waals surface area (Å²) < 4.78 is 2.34. The van der Waals surface area contributed by atoms with Gasteiger partial charge in [0.05, 0.1) is 0 Å². The van der Waals surface area contributed by atoms with Gasteiger partial charge in [-0.25, -0.2) is 0 Å². The Hall–Kier alpha value is 0.140. The average Bonchev–Trinajstić information content (AvgIpc) is 2.42. The van der Waals surface area contributed by atoms with E-state index in [4.69, 9.17) is 0 Å². The van der Waals surface area contributed by atoms with E-state index in [1.807, 2.05) is 0 Å². The van der Waals surface area contributed by atoms with E-state index in [1.165, 1.54) is 42.1 Å². The average molecular weight is 389 g/mol. The van der Waals surface area contributed by atoms with E-state index in [0.29, 0.717) is 6.04 Å². The molecule has 3 unspecified atom stereocenters. The van der Waals surface area contributed by atoms with Crippen LogP contribution in [0.4, 0.5) is 0 Å². The Morgan fingerprint density at radius 3 is 2.74 bits per heavy atom. The first-order chi connectivity index (χ1) is 9.15. The van der Waals surface area contributed by atoms with Crippen molar-refractivity contribution in [3.05, 3.63) is 32.7 Å². The van der Waals surface area contributed by atoms with Gasteiger partial charge in [0.1, 0.15) is 0 Å². The van der Waals surface area contributed by atoms with Crippen molar-refractivity contribution >= 4 is 31.9 Å².